The van der Waals surface area contributed by atoms with E-state index in [-0.39, 0.29) is 63.5 Å². The van der Waals surface area contributed by atoms with Crippen LogP contribution in [0, 0.1) is 5.92 Å². The van der Waals surface area contributed by atoms with E-state index in [0.29, 0.717) is 12.0 Å². The summed E-state index contributed by atoms with van der Waals surface area (Å²) in [5.74, 6) is -5.14. The number of carbonyl (C=O) groups excluding carboxylic acids is 6. The van der Waals surface area contributed by atoms with Gasteiger partial charge in [-0.25, -0.2) is 4.79 Å². The predicted octanol–water partition coefficient (Wildman–Crippen LogP) is 0.413. The number of carboxylic acids is 1. The van der Waals surface area contributed by atoms with E-state index in [0.717, 1.165) is 48.6 Å². The highest BCUT2D eigenvalue weighted by Gasteiger charge is 2.40. The van der Waals surface area contributed by atoms with Gasteiger partial charge in [-0.3, -0.25) is 33.8 Å². The second-order valence-electron chi connectivity index (χ2n) is 16.4. The van der Waals surface area contributed by atoms with Crippen LogP contribution in [0.4, 0.5) is 0 Å². The number of benzene rings is 2. The third-order valence-electron chi connectivity index (χ3n) is 11.6. The van der Waals surface area contributed by atoms with Crippen LogP contribution in [0.3, 0.4) is 0 Å². The number of aromatic nitrogens is 1. The first-order valence-electron chi connectivity index (χ1n) is 21.6. The number of aromatic amines is 1. The summed E-state index contributed by atoms with van der Waals surface area (Å²) in [6, 6.07) is 10.7. The SMILES string of the molecule is CC(=O)N[C@@H](Cc1ccccc1)C(=O)N[C@@H](N)C(=O)N1CCC[C@H]1C(=O)N[C@H](CC1CCCCC1)C(=O)N[C@@H](Cc1c[nH]c2ccccc12)C(=O)N[C@H](CCCN=C(N)N)C(=O)O. The van der Waals surface area contributed by atoms with Gasteiger partial charge in [0.05, 0.1) is 0 Å². The minimum absolute atomic E-state index is 0.00528. The van der Waals surface area contributed by atoms with Crippen molar-refractivity contribution in [2.24, 2.45) is 28.1 Å². The van der Waals surface area contributed by atoms with Gasteiger partial charge >= 0.3 is 5.97 Å². The lowest BCUT2D eigenvalue weighted by atomic mass is 9.84. The van der Waals surface area contributed by atoms with Crippen LogP contribution in [0.25, 0.3) is 10.9 Å². The predicted molar refractivity (Wildman–Crippen MR) is 235 cm³/mol. The van der Waals surface area contributed by atoms with Gasteiger partial charge in [0.1, 0.15) is 30.2 Å². The average Bonchev–Trinajstić information content (AvgIpc) is 3.92. The maximum Gasteiger partial charge on any atom is 0.326 e. The van der Waals surface area contributed by atoms with Crippen molar-refractivity contribution in [1.29, 1.82) is 0 Å². The molecule has 1 aromatic heterocycles. The van der Waals surface area contributed by atoms with E-state index < -0.39 is 77.8 Å². The molecule has 19 nitrogen and oxygen atoms in total. The number of fused-ring (bicyclic) bond motifs is 1. The van der Waals surface area contributed by atoms with Crippen LogP contribution >= 0.6 is 0 Å². The topological polar surface area (TPSA) is 309 Å². The number of para-hydroxylation sites is 1. The van der Waals surface area contributed by atoms with Gasteiger partial charge < -0.3 is 58.8 Å². The number of aliphatic carboxylic acids is 1. The number of guanidine groups is 1. The zero-order chi connectivity index (χ0) is 45.5. The van der Waals surface area contributed by atoms with Crippen LogP contribution in [0.1, 0.15) is 82.3 Å². The van der Waals surface area contributed by atoms with E-state index in [1.807, 2.05) is 30.3 Å². The molecule has 0 bridgehead atoms. The molecule has 0 unspecified atom stereocenters. The summed E-state index contributed by atoms with van der Waals surface area (Å²) in [5, 5.41) is 24.2. The number of H-pyrrole nitrogens is 1. The van der Waals surface area contributed by atoms with Crippen molar-refractivity contribution in [2.75, 3.05) is 13.1 Å². The highest BCUT2D eigenvalue weighted by Crippen LogP contribution is 2.28. The van der Waals surface area contributed by atoms with Gasteiger partial charge in [0.15, 0.2) is 12.1 Å². The first-order valence-corrected chi connectivity index (χ1v) is 21.6. The highest BCUT2D eigenvalue weighted by atomic mass is 16.4. The fourth-order valence-corrected chi connectivity index (χ4v) is 8.39. The fraction of sp³-hybridized carbons (Fsp3) is 0.500. The quantitative estimate of drug-likeness (QED) is 0.0303. The number of rotatable bonds is 21. The smallest absolute Gasteiger partial charge is 0.326 e. The first-order chi connectivity index (χ1) is 30.2. The molecule has 1 aliphatic carbocycles. The number of aliphatic imine (C=N–C) groups is 1. The molecule has 1 saturated carbocycles. The molecule has 1 saturated heterocycles. The van der Waals surface area contributed by atoms with Crippen molar-refractivity contribution in [1.82, 2.24) is 36.5 Å². The average molecular weight is 872 g/mol. The Morgan fingerprint density at radius 3 is 2.13 bits per heavy atom. The summed E-state index contributed by atoms with van der Waals surface area (Å²) >= 11 is 0. The molecule has 63 heavy (non-hydrogen) atoms. The monoisotopic (exact) mass is 871 g/mol. The number of nitrogens with zero attached hydrogens (tertiary/aromatic N) is 2. The number of hydrogen-bond acceptors (Lipinski definition) is 9. The van der Waals surface area contributed by atoms with E-state index in [1.54, 1.807) is 30.5 Å². The highest BCUT2D eigenvalue weighted by molar-refractivity contribution is 5.97. The van der Waals surface area contributed by atoms with Gasteiger partial charge in [-0.1, -0.05) is 80.6 Å². The molecule has 3 aromatic rings. The van der Waals surface area contributed by atoms with Crippen molar-refractivity contribution in [3.63, 3.8) is 0 Å². The molecule has 0 radical (unpaired) electrons. The maximum atomic E-state index is 14.4. The minimum atomic E-state index is -1.54. The molecule has 2 fully saturated rings. The number of likely N-dealkylation sites (tertiary alicyclic amines) is 1. The Morgan fingerprint density at radius 2 is 1.43 bits per heavy atom. The third kappa shape index (κ3) is 14.0. The number of nitrogens with one attached hydrogen (secondary N) is 6. The van der Waals surface area contributed by atoms with Crippen LogP contribution in [-0.2, 0) is 46.4 Å². The Balaban J connectivity index is 1.32. The summed E-state index contributed by atoms with van der Waals surface area (Å²) in [6.45, 7) is 1.60. The second-order valence-corrected chi connectivity index (χ2v) is 16.4. The maximum absolute atomic E-state index is 14.4. The summed E-state index contributed by atoms with van der Waals surface area (Å²) in [7, 11) is 0. The number of nitrogens with two attached hydrogens (primary N) is 3. The van der Waals surface area contributed by atoms with Gasteiger partial charge in [0.2, 0.25) is 29.5 Å². The van der Waals surface area contributed by atoms with E-state index in [9.17, 15) is 38.7 Å². The zero-order valence-electron chi connectivity index (χ0n) is 35.6. The number of amides is 6. The normalized spacial score (nSPS) is 17.6. The molecule has 0 spiro atoms. The van der Waals surface area contributed by atoms with Gasteiger partial charge in [-0.05, 0) is 55.2 Å². The zero-order valence-corrected chi connectivity index (χ0v) is 35.6. The molecule has 2 heterocycles. The molecule has 13 N–H and O–H groups in total. The Hall–Kier alpha value is -6.50. The van der Waals surface area contributed by atoms with Gasteiger partial charge in [-0.2, -0.15) is 0 Å². The summed E-state index contributed by atoms with van der Waals surface area (Å²) in [4.78, 5) is 102. The standard InChI is InChI=1S/C44H61N11O8/c1-26(56)50-33(22-27-12-4-2-5-13-27)40(59)54-37(45)42(61)55-21-11-19-36(55)41(60)53-34(23-28-14-6-3-7-15-28)38(57)52-35(24-29-25-49-31-17-9-8-16-30(29)31)39(58)51-32(43(62)63)18-10-20-48-44(46)47/h2,4-5,8-9,12-13,16-17,25,28,32-37,49H,3,6-7,10-11,14-15,18-24,45H2,1H3,(H,50,56)(H,51,58)(H,52,57)(H,53,60)(H,54,59)(H,62,63)(H4,46,47,48)/t32-,33+,34-,35+,36+,37-/m1/s1. The largest absolute Gasteiger partial charge is 0.480 e. The molecule has 6 amide bonds. The molecular formula is C44H61N11O8. The second kappa shape index (κ2) is 23.1. The van der Waals surface area contributed by atoms with Gasteiger partial charge in [0.25, 0.3) is 5.91 Å². The number of carboxylic acid groups (broad SMARTS) is 1. The summed E-state index contributed by atoms with van der Waals surface area (Å²) < 4.78 is 0. The number of carbonyl (C=O) groups is 7. The Labute approximate surface area is 366 Å². The van der Waals surface area contributed by atoms with E-state index in [2.05, 4.69) is 36.6 Å². The van der Waals surface area contributed by atoms with E-state index in [4.69, 9.17) is 17.2 Å². The van der Waals surface area contributed by atoms with Crippen molar-refractivity contribution >= 4 is 58.3 Å². The molecular weight excluding hydrogens is 811 g/mol. The van der Waals surface area contributed by atoms with Crippen LogP contribution in [0.15, 0.2) is 65.8 Å². The van der Waals surface area contributed by atoms with Gasteiger partial charge in [-0.15, -0.1) is 0 Å². The summed E-state index contributed by atoms with van der Waals surface area (Å²) in [6.07, 6.45) is 6.24. The van der Waals surface area contributed by atoms with E-state index >= 15 is 0 Å². The Kier molecular flexibility index (Phi) is 17.4. The first kappa shape index (κ1) is 47.5. The Morgan fingerprint density at radius 1 is 0.778 bits per heavy atom. The molecule has 2 aromatic carbocycles. The molecule has 19 heteroatoms. The van der Waals surface area contributed by atoms with Gasteiger partial charge in [0, 0.05) is 50.0 Å². The van der Waals surface area contributed by atoms with Crippen molar-refractivity contribution in [3.8, 4) is 0 Å². The van der Waals surface area contributed by atoms with Crippen LogP contribution < -0.4 is 43.8 Å². The summed E-state index contributed by atoms with van der Waals surface area (Å²) in [5.41, 5.74) is 19.3. The molecule has 1 aliphatic heterocycles. The molecule has 2 aliphatic rings. The minimum Gasteiger partial charge on any atom is -0.480 e. The van der Waals surface area contributed by atoms with Crippen molar-refractivity contribution in [2.45, 2.75) is 120 Å². The molecule has 340 valence electrons. The van der Waals surface area contributed by atoms with Crippen LogP contribution in [-0.4, -0.2) is 112 Å². The lowest BCUT2D eigenvalue weighted by Gasteiger charge is -2.31. The molecule has 6 atom stereocenters. The van der Waals surface area contributed by atoms with Crippen molar-refractivity contribution < 1.29 is 38.7 Å². The lowest BCUT2D eigenvalue weighted by Crippen LogP contribution is -2.61. The van der Waals surface area contributed by atoms with E-state index in [1.165, 1.54) is 11.8 Å². The lowest BCUT2D eigenvalue weighted by molar-refractivity contribution is -0.143. The number of hydrogen-bond donors (Lipinski definition) is 10. The Bertz CT molecular complexity index is 2100. The molecule has 5 rings (SSSR count). The fourth-order valence-electron chi connectivity index (χ4n) is 8.39. The van der Waals surface area contributed by atoms with Crippen molar-refractivity contribution in [3.05, 3.63) is 71.9 Å². The third-order valence-corrected chi connectivity index (χ3v) is 11.6. The van der Waals surface area contributed by atoms with Crippen LogP contribution in [0.2, 0.25) is 0 Å². The van der Waals surface area contributed by atoms with Crippen LogP contribution in [0.5, 0.6) is 0 Å².